The zero-order valence-electron chi connectivity index (χ0n) is 15.5. The van der Waals surface area contributed by atoms with Crippen molar-refractivity contribution in [1.29, 1.82) is 0 Å². The fourth-order valence-electron chi connectivity index (χ4n) is 2.91. The van der Waals surface area contributed by atoms with Crippen molar-refractivity contribution >= 4 is 39.9 Å². The number of nitro benzene ring substituents is 1. The van der Waals surface area contributed by atoms with Crippen LogP contribution in [0.15, 0.2) is 60.7 Å². The van der Waals surface area contributed by atoms with E-state index in [0.717, 1.165) is 22.4 Å². The minimum absolute atomic E-state index is 0.0523. The van der Waals surface area contributed by atoms with Crippen molar-refractivity contribution in [2.24, 2.45) is 0 Å². The lowest BCUT2D eigenvalue weighted by Gasteiger charge is -2.15. The molecule has 0 heterocycles. The van der Waals surface area contributed by atoms with E-state index in [0.29, 0.717) is 0 Å². The molecular weight excluding hydrogens is 394 g/mol. The van der Waals surface area contributed by atoms with Crippen LogP contribution in [-0.2, 0) is 4.79 Å². The van der Waals surface area contributed by atoms with Crippen molar-refractivity contribution in [3.63, 3.8) is 0 Å². The number of nitro groups is 1. The fraction of sp³-hybridized carbons (Fsp3) is 0.143. The van der Waals surface area contributed by atoms with E-state index in [-0.39, 0.29) is 34.8 Å². The molecule has 0 bridgehead atoms. The lowest BCUT2D eigenvalue weighted by atomic mass is 10.0. The van der Waals surface area contributed by atoms with Gasteiger partial charge in [-0.15, -0.1) is 0 Å². The summed E-state index contributed by atoms with van der Waals surface area (Å²) in [4.78, 5) is 34.6. The van der Waals surface area contributed by atoms with Crippen molar-refractivity contribution in [2.45, 2.75) is 13.0 Å². The highest BCUT2D eigenvalue weighted by atomic mass is 35.5. The number of halogens is 1. The minimum Gasteiger partial charge on any atom is -0.348 e. The zero-order chi connectivity index (χ0) is 21.0. The molecule has 0 radical (unpaired) electrons. The van der Waals surface area contributed by atoms with E-state index in [1.54, 1.807) is 0 Å². The largest absolute Gasteiger partial charge is 0.348 e. The van der Waals surface area contributed by atoms with Crippen LogP contribution in [0.25, 0.3) is 10.8 Å². The Balaban J connectivity index is 1.59. The normalized spacial score (nSPS) is 11.7. The number of nitrogens with one attached hydrogen (secondary N) is 2. The third-order valence-corrected chi connectivity index (χ3v) is 4.79. The summed E-state index contributed by atoms with van der Waals surface area (Å²) < 4.78 is 0. The lowest BCUT2D eigenvalue weighted by molar-refractivity contribution is -0.384. The Morgan fingerprint density at radius 3 is 2.52 bits per heavy atom. The number of benzene rings is 3. The molecule has 2 N–H and O–H groups in total. The van der Waals surface area contributed by atoms with Crippen molar-refractivity contribution in [2.75, 3.05) is 6.54 Å². The number of amides is 2. The van der Waals surface area contributed by atoms with Gasteiger partial charge >= 0.3 is 0 Å². The first-order chi connectivity index (χ1) is 13.8. The van der Waals surface area contributed by atoms with E-state index >= 15 is 0 Å². The van der Waals surface area contributed by atoms with E-state index in [9.17, 15) is 19.7 Å². The summed E-state index contributed by atoms with van der Waals surface area (Å²) in [6.45, 7) is 1.60. The highest BCUT2D eigenvalue weighted by Crippen LogP contribution is 2.25. The predicted molar refractivity (Wildman–Crippen MR) is 111 cm³/mol. The summed E-state index contributed by atoms with van der Waals surface area (Å²) >= 11 is 5.74. The quantitative estimate of drug-likeness (QED) is 0.472. The van der Waals surface area contributed by atoms with Gasteiger partial charge in [0.15, 0.2) is 0 Å². The first-order valence-corrected chi connectivity index (χ1v) is 9.23. The van der Waals surface area contributed by atoms with Crippen molar-refractivity contribution in [3.8, 4) is 0 Å². The maximum Gasteiger partial charge on any atom is 0.288 e. The minimum atomic E-state index is -0.670. The van der Waals surface area contributed by atoms with Gasteiger partial charge in [0, 0.05) is 11.6 Å². The maximum absolute atomic E-state index is 12.2. The summed E-state index contributed by atoms with van der Waals surface area (Å²) in [6, 6.07) is 17.3. The van der Waals surface area contributed by atoms with Gasteiger partial charge in [-0.25, -0.2) is 0 Å². The second-order valence-corrected chi connectivity index (χ2v) is 6.91. The van der Waals surface area contributed by atoms with E-state index < -0.39 is 10.8 Å². The summed E-state index contributed by atoms with van der Waals surface area (Å²) in [5.74, 6) is -0.972. The van der Waals surface area contributed by atoms with Gasteiger partial charge in [-0.3, -0.25) is 19.7 Å². The molecule has 3 aromatic rings. The topological polar surface area (TPSA) is 101 Å². The summed E-state index contributed by atoms with van der Waals surface area (Å²) in [5, 5.41) is 18.3. The maximum atomic E-state index is 12.2. The standard InChI is InChI=1S/C21H18ClN3O4/c1-13(15-7-6-14-4-2-3-5-16(14)10-15)24-20(26)12-23-21(27)17-8-9-18(22)19(11-17)25(28)29/h2-11,13H,12H2,1H3,(H,23,27)(H,24,26). The highest BCUT2D eigenvalue weighted by molar-refractivity contribution is 6.32. The molecule has 0 saturated heterocycles. The van der Waals surface area contributed by atoms with Crippen molar-refractivity contribution in [1.82, 2.24) is 10.6 Å². The summed E-state index contributed by atoms with van der Waals surface area (Å²) in [7, 11) is 0. The second-order valence-electron chi connectivity index (χ2n) is 6.50. The van der Waals surface area contributed by atoms with Gasteiger partial charge in [-0.1, -0.05) is 48.0 Å². The molecule has 0 aliphatic heterocycles. The molecule has 0 aromatic heterocycles. The molecule has 3 rings (SSSR count). The van der Waals surface area contributed by atoms with Crippen LogP contribution in [0, 0.1) is 10.1 Å². The number of nitrogens with zero attached hydrogens (tertiary/aromatic N) is 1. The Morgan fingerprint density at radius 2 is 1.79 bits per heavy atom. The van der Waals surface area contributed by atoms with E-state index in [4.69, 9.17) is 11.6 Å². The molecular formula is C21H18ClN3O4. The fourth-order valence-corrected chi connectivity index (χ4v) is 3.10. The van der Waals surface area contributed by atoms with Crippen LogP contribution >= 0.6 is 11.6 Å². The average molecular weight is 412 g/mol. The van der Waals surface area contributed by atoms with Crippen LogP contribution in [0.2, 0.25) is 5.02 Å². The molecule has 7 nitrogen and oxygen atoms in total. The molecule has 0 saturated carbocycles. The first kappa shape index (κ1) is 20.3. The molecule has 8 heteroatoms. The highest BCUT2D eigenvalue weighted by Gasteiger charge is 2.17. The molecule has 2 amide bonds. The Bertz CT molecular complexity index is 1100. The molecule has 3 aromatic carbocycles. The molecule has 0 spiro atoms. The predicted octanol–water partition coefficient (Wildman–Crippen LogP) is 4.01. The first-order valence-electron chi connectivity index (χ1n) is 8.85. The zero-order valence-corrected chi connectivity index (χ0v) is 16.3. The molecule has 1 atom stereocenters. The van der Waals surface area contributed by atoms with Gasteiger partial charge in [0.05, 0.1) is 17.5 Å². The third kappa shape index (κ3) is 4.89. The van der Waals surface area contributed by atoms with Crippen molar-refractivity contribution in [3.05, 3.63) is 86.9 Å². The number of carbonyl (C=O) groups excluding carboxylic acids is 2. The lowest BCUT2D eigenvalue weighted by Crippen LogP contribution is -2.38. The van der Waals surface area contributed by atoms with E-state index in [2.05, 4.69) is 10.6 Å². The van der Waals surface area contributed by atoms with Crippen LogP contribution < -0.4 is 10.6 Å². The number of fused-ring (bicyclic) bond motifs is 1. The number of hydrogen-bond donors (Lipinski definition) is 2. The SMILES string of the molecule is CC(NC(=O)CNC(=O)c1ccc(Cl)c([N+](=O)[O-])c1)c1ccc2ccccc2c1. The Kier molecular flexibility index (Phi) is 6.09. The van der Waals surface area contributed by atoms with E-state index in [1.165, 1.54) is 12.1 Å². The Morgan fingerprint density at radius 1 is 1.07 bits per heavy atom. The number of hydrogen-bond acceptors (Lipinski definition) is 4. The summed E-state index contributed by atoms with van der Waals surface area (Å²) in [5.41, 5.74) is 0.627. The van der Waals surface area contributed by atoms with E-state index in [1.807, 2.05) is 49.4 Å². The monoisotopic (exact) mass is 411 g/mol. The number of carbonyl (C=O) groups is 2. The summed E-state index contributed by atoms with van der Waals surface area (Å²) in [6.07, 6.45) is 0. The van der Waals surface area contributed by atoms with Crippen LogP contribution in [0.5, 0.6) is 0 Å². The molecule has 1 unspecified atom stereocenters. The average Bonchev–Trinajstić information content (AvgIpc) is 2.71. The van der Waals surface area contributed by atoms with Gasteiger partial charge in [0.2, 0.25) is 5.91 Å². The molecule has 0 aliphatic rings. The van der Waals surface area contributed by atoms with Crippen LogP contribution in [0.3, 0.4) is 0 Å². The smallest absolute Gasteiger partial charge is 0.288 e. The van der Waals surface area contributed by atoms with Gasteiger partial charge < -0.3 is 10.6 Å². The second kappa shape index (κ2) is 8.70. The van der Waals surface area contributed by atoms with Gasteiger partial charge in [-0.2, -0.15) is 0 Å². The van der Waals surface area contributed by atoms with Crippen LogP contribution in [0.4, 0.5) is 5.69 Å². The molecule has 0 aliphatic carbocycles. The van der Waals surface area contributed by atoms with Crippen LogP contribution in [0.1, 0.15) is 28.9 Å². The Labute approximate surface area is 171 Å². The molecule has 29 heavy (non-hydrogen) atoms. The molecule has 148 valence electrons. The van der Waals surface area contributed by atoms with Gasteiger partial charge in [-0.05, 0) is 41.5 Å². The number of rotatable bonds is 6. The van der Waals surface area contributed by atoms with Crippen molar-refractivity contribution < 1.29 is 14.5 Å². The van der Waals surface area contributed by atoms with Gasteiger partial charge in [0.1, 0.15) is 5.02 Å². The van der Waals surface area contributed by atoms with Gasteiger partial charge in [0.25, 0.3) is 11.6 Å². The Hall–Kier alpha value is -3.45. The van der Waals surface area contributed by atoms with Crippen LogP contribution in [-0.4, -0.2) is 23.3 Å². The third-order valence-electron chi connectivity index (χ3n) is 4.47. The molecule has 0 fully saturated rings.